The van der Waals surface area contributed by atoms with E-state index in [2.05, 4.69) is 9.97 Å². The predicted octanol–water partition coefficient (Wildman–Crippen LogP) is 5.33. The van der Waals surface area contributed by atoms with Crippen LogP contribution in [0, 0.1) is 6.92 Å². The van der Waals surface area contributed by atoms with Crippen molar-refractivity contribution in [1.29, 1.82) is 0 Å². The van der Waals surface area contributed by atoms with Crippen molar-refractivity contribution in [2.45, 2.75) is 25.0 Å². The second-order valence-electron chi connectivity index (χ2n) is 4.91. The van der Waals surface area contributed by atoms with Crippen LogP contribution in [0.5, 0.6) is 0 Å². The van der Waals surface area contributed by atoms with Crippen molar-refractivity contribution >= 4 is 35.0 Å². The zero-order valence-corrected chi connectivity index (χ0v) is 13.4. The van der Waals surface area contributed by atoms with Gasteiger partial charge in [0.05, 0.1) is 10.8 Å². The van der Waals surface area contributed by atoms with Crippen LogP contribution in [0.2, 0.25) is 10.3 Å². The summed E-state index contributed by atoms with van der Waals surface area (Å²) in [5, 5.41) is 1.22. The topological polar surface area (TPSA) is 25.8 Å². The zero-order valence-electron chi connectivity index (χ0n) is 11.1. The van der Waals surface area contributed by atoms with Gasteiger partial charge in [-0.1, -0.05) is 53.0 Å². The molecule has 0 bridgehead atoms. The normalized spacial score (nSPS) is 18.4. The van der Waals surface area contributed by atoms with Gasteiger partial charge in [0.15, 0.2) is 0 Å². The second kappa shape index (κ2) is 5.92. The highest BCUT2D eigenvalue weighted by Gasteiger charge is 2.23. The number of benzene rings is 1. The molecule has 20 heavy (non-hydrogen) atoms. The smallest absolute Gasteiger partial charge is 0.144 e. The number of hydrogen-bond acceptors (Lipinski definition) is 3. The Balaban J connectivity index is 2.04. The molecular formula is C15H14Cl2N2S. The van der Waals surface area contributed by atoms with Gasteiger partial charge < -0.3 is 0 Å². The highest BCUT2D eigenvalue weighted by atomic mass is 35.5. The van der Waals surface area contributed by atoms with Crippen molar-refractivity contribution in [3.8, 4) is 11.1 Å². The van der Waals surface area contributed by atoms with E-state index in [1.54, 1.807) is 0 Å². The second-order valence-corrected chi connectivity index (χ2v) is 6.94. The van der Waals surface area contributed by atoms with E-state index < -0.39 is 0 Å². The summed E-state index contributed by atoms with van der Waals surface area (Å²) in [5.41, 5.74) is 2.85. The average molecular weight is 325 g/mol. The Hall–Kier alpha value is -0.770. The first kappa shape index (κ1) is 14.2. The number of aryl methyl sites for hydroxylation is 1. The van der Waals surface area contributed by atoms with Gasteiger partial charge in [-0.05, 0) is 31.1 Å². The standard InChI is InChI=1S/C15H14Cl2N2S/c1-9-4-2-5-10(8-9)12-13(16)18-15(19-14(12)17)11-6-3-7-20-11/h2,4-5,8,11H,3,6-7H2,1H3. The van der Waals surface area contributed by atoms with Crippen molar-refractivity contribution in [1.82, 2.24) is 9.97 Å². The van der Waals surface area contributed by atoms with Gasteiger partial charge in [0, 0.05) is 0 Å². The average Bonchev–Trinajstić information content (AvgIpc) is 2.91. The van der Waals surface area contributed by atoms with Gasteiger partial charge in [-0.3, -0.25) is 0 Å². The fraction of sp³-hybridized carbons (Fsp3) is 0.333. The minimum Gasteiger partial charge on any atom is -0.219 e. The lowest BCUT2D eigenvalue weighted by molar-refractivity contribution is 0.777. The van der Waals surface area contributed by atoms with Crippen LogP contribution in [0.3, 0.4) is 0 Å². The first-order valence-corrected chi connectivity index (χ1v) is 8.37. The van der Waals surface area contributed by atoms with Crippen molar-refractivity contribution in [2.24, 2.45) is 0 Å². The predicted molar refractivity (Wildman–Crippen MR) is 86.7 cm³/mol. The van der Waals surface area contributed by atoms with Crippen molar-refractivity contribution < 1.29 is 0 Å². The summed E-state index contributed by atoms with van der Waals surface area (Å²) in [6.45, 7) is 2.04. The third kappa shape index (κ3) is 2.80. The van der Waals surface area contributed by atoms with Crippen LogP contribution in [0.4, 0.5) is 0 Å². The lowest BCUT2D eigenvalue weighted by Gasteiger charge is -2.12. The molecule has 1 fully saturated rings. The SMILES string of the molecule is Cc1cccc(-c2c(Cl)nc(C3CCCS3)nc2Cl)c1. The number of rotatable bonds is 2. The van der Waals surface area contributed by atoms with Crippen LogP contribution in [0.25, 0.3) is 11.1 Å². The first-order chi connectivity index (χ1) is 9.65. The maximum absolute atomic E-state index is 6.36. The van der Waals surface area contributed by atoms with Crippen LogP contribution in [0.15, 0.2) is 24.3 Å². The van der Waals surface area contributed by atoms with Gasteiger partial charge in [-0.2, -0.15) is 11.8 Å². The van der Waals surface area contributed by atoms with E-state index in [0.29, 0.717) is 15.6 Å². The number of halogens is 2. The molecular weight excluding hydrogens is 311 g/mol. The largest absolute Gasteiger partial charge is 0.219 e. The molecule has 0 saturated carbocycles. The molecule has 1 saturated heterocycles. The summed E-state index contributed by atoms with van der Waals surface area (Å²) < 4.78 is 0. The molecule has 1 aliphatic heterocycles. The van der Waals surface area contributed by atoms with E-state index >= 15 is 0 Å². The van der Waals surface area contributed by atoms with Crippen LogP contribution in [0.1, 0.15) is 29.5 Å². The minimum atomic E-state index is 0.330. The monoisotopic (exact) mass is 324 g/mol. The molecule has 0 N–H and O–H groups in total. The molecule has 0 spiro atoms. The van der Waals surface area contributed by atoms with E-state index in [0.717, 1.165) is 34.7 Å². The van der Waals surface area contributed by atoms with Gasteiger partial charge >= 0.3 is 0 Å². The molecule has 0 aliphatic carbocycles. The summed E-state index contributed by atoms with van der Waals surface area (Å²) in [7, 11) is 0. The Morgan fingerprint density at radius 3 is 2.55 bits per heavy atom. The van der Waals surface area contributed by atoms with Gasteiger partial charge in [0.2, 0.25) is 0 Å². The number of thioether (sulfide) groups is 1. The van der Waals surface area contributed by atoms with Crippen molar-refractivity contribution in [3.63, 3.8) is 0 Å². The summed E-state index contributed by atoms with van der Waals surface area (Å²) in [6.07, 6.45) is 2.30. The summed E-state index contributed by atoms with van der Waals surface area (Å²) in [4.78, 5) is 8.94. The molecule has 1 unspecified atom stereocenters. The Bertz CT molecular complexity index is 617. The van der Waals surface area contributed by atoms with Crippen LogP contribution in [-0.4, -0.2) is 15.7 Å². The number of aromatic nitrogens is 2. The van der Waals surface area contributed by atoms with Gasteiger partial charge in [0.25, 0.3) is 0 Å². The number of hydrogen-bond donors (Lipinski definition) is 0. The number of nitrogens with zero attached hydrogens (tertiary/aromatic N) is 2. The van der Waals surface area contributed by atoms with Crippen LogP contribution >= 0.6 is 35.0 Å². The maximum atomic E-state index is 6.36. The van der Waals surface area contributed by atoms with E-state index in [-0.39, 0.29) is 0 Å². The molecule has 104 valence electrons. The molecule has 1 atom stereocenters. The zero-order chi connectivity index (χ0) is 14.1. The lowest BCUT2D eigenvalue weighted by atomic mass is 10.1. The van der Waals surface area contributed by atoms with Crippen molar-refractivity contribution in [3.05, 3.63) is 46.0 Å². The molecule has 0 amide bonds. The van der Waals surface area contributed by atoms with Gasteiger partial charge in [-0.25, -0.2) is 9.97 Å². The molecule has 2 nitrogen and oxygen atoms in total. The quantitative estimate of drug-likeness (QED) is 0.698. The van der Waals surface area contributed by atoms with E-state index in [9.17, 15) is 0 Å². The Morgan fingerprint density at radius 1 is 1.20 bits per heavy atom. The van der Waals surface area contributed by atoms with E-state index in [1.165, 1.54) is 6.42 Å². The highest BCUT2D eigenvalue weighted by molar-refractivity contribution is 7.99. The molecule has 1 aromatic carbocycles. The Labute approximate surface area is 132 Å². The maximum Gasteiger partial charge on any atom is 0.144 e. The fourth-order valence-electron chi connectivity index (χ4n) is 2.39. The van der Waals surface area contributed by atoms with Crippen molar-refractivity contribution in [2.75, 3.05) is 5.75 Å². The van der Waals surface area contributed by atoms with E-state index in [4.69, 9.17) is 23.2 Å². The van der Waals surface area contributed by atoms with Crippen LogP contribution < -0.4 is 0 Å². The Kier molecular flexibility index (Phi) is 4.20. The first-order valence-electron chi connectivity index (χ1n) is 6.57. The molecule has 1 aromatic heterocycles. The van der Waals surface area contributed by atoms with E-state index in [1.807, 2.05) is 43.0 Å². The molecule has 1 aliphatic rings. The van der Waals surface area contributed by atoms with Crippen LogP contribution in [-0.2, 0) is 0 Å². The molecule has 5 heteroatoms. The van der Waals surface area contributed by atoms with Gasteiger partial charge in [-0.15, -0.1) is 0 Å². The summed E-state index contributed by atoms with van der Waals surface area (Å²) >= 11 is 14.6. The molecule has 2 heterocycles. The lowest BCUT2D eigenvalue weighted by Crippen LogP contribution is -2.01. The highest BCUT2D eigenvalue weighted by Crippen LogP contribution is 2.41. The Morgan fingerprint density at radius 2 is 1.95 bits per heavy atom. The summed E-state index contributed by atoms with van der Waals surface area (Å²) in [5.74, 6) is 1.92. The molecule has 0 radical (unpaired) electrons. The van der Waals surface area contributed by atoms with Gasteiger partial charge in [0.1, 0.15) is 16.1 Å². The molecule has 2 aromatic rings. The summed E-state index contributed by atoms with van der Waals surface area (Å²) in [6, 6.07) is 8.04. The molecule has 3 rings (SSSR count). The fourth-order valence-corrected chi connectivity index (χ4v) is 4.21. The minimum absolute atomic E-state index is 0.330. The third-order valence-corrected chi connectivity index (χ3v) is 5.28. The third-order valence-electron chi connectivity index (χ3n) is 3.36.